The monoisotopic (exact) mass is 217 g/mol. The van der Waals surface area contributed by atoms with Crippen LogP contribution in [0.3, 0.4) is 0 Å². The van der Waals surface area contributed by atoms with Gasteiger partial charge in [-0.1, -0.05) is 24.3 Å². The first kappa shape index (κ1) is 10.00. The first-order chi connectivity index (χ1) is 7.81. The zero-order chi connectivity index (χ0) is 11.1. The molecule has 0 bridgehead atoms. The molecule has 0 aromatic heterocycles. The van der Waals surface area contributed by atoms with Crippen LogP contribution in [0.5, 0.6) is 0 Å². The highest BCUT2D eigenvalue weighted by Gasteiger charge is 2.44. The number of nitrogens with zero attached hydrogens (tertiary/aromatic N) is 1. The van der Waals surface area contributed by atoms with Gasteiger partial charge in [-0.15, -0.1) is 0 Å². The van der Waals surface area contributed by atoms with Crippen molar-refractivity contribution >= 4 is 6.29 Å². The van der Waals surface area contributed by atoms with E-state index in [-0.39, 0.29) is 18.1 Å². The lowest BCUT2D eigenvalue weighted by Crippen LogP contribution is -2.32. The number of aldehydes is 1. The van der Waals surface area contributed by atoms with Crippen LogP contribution in [0.25, 0.3) is 0 Å². The highest BCUT2D eigenvalue weighted by Crippen LogP contribution is 2.42. The molecule has 16 heavy (non-hydrogen) atoms. The summed E-state index contributed by atoms with van der Waals surface area (Å²) in [5.74, 6) is -0.0403. The maximum absolute atomic E-state index is 11.2. The predicted octanol–water partition coefficient (Wildman–Crippen LogP) is 1.73. The number of rotatable bonds is 1. The lowest BCUT2D eigenvalue weighted by molar-refractivity contribution is -0.161. The van der Waals surface area contributed by atoms with Gasteiger partial charge >= 0.3 is 0 Å². The third-order valence-corrected chi connectivity index (χ3v) is 3.65. The van der Waals surface area contributed by atoms with E-state index >= 15 is 0 Å². The molecule has 0 spiro atoms. The zero-order valence-electron chi connectivity index (χ0n) is 9.30. The van der Waals surface area contributed by atoms with Crippen LogP contribution in [-0.4, -0.2) is 24.0 Å². The average molecular weight is 217 g/mol. The molecule has 84 valence electrons. The molecule has 2 heterocycles. The van der Waals surface area contributed by atoms with Gasteiger partial charge in [0.15, 0.2) is 0 Å². The Hall–Kier alpha value is -1.19. The van der Waals surface area contributed by atoms with Crippen LogP contribution < -0.4 is 0 Å². The van der Waals surface area contributed by atoms with Crippen molar-refractivity contribution in [2.45, 2.75) is 25.5 Å². The fourth-order valence-corrected chi connectivity index (χ4v) is 2.82. The minimum absolute atomic E-state index is 0.00587. The Morgan fingerprint density at radius 2 is 2.25 bits per heavy atom. The Morgan fingerprint density at radius 3 is 3.06 bits per heavy atom. The van der Waals surface area contributed by atoms with E-state index in [1.165, 1.54) is 11.1 Å². The van der Waals surface area contributed by atoms with Crippen LogP contribution in [-0.2, 0) is 16.1 Å². The Labute approximate surface area is 95.0 Å². The summed E-state index contributed by atoms with van der Waals surface area (Å²) in [4.78, 5) is 16.9. The SMILES string of the molecule is CC1ON2CCc3ccccc3C2C1C=O. The van der Waals surface area contributed by atoms with E-state index in [1.54, 1.807) is 0 Å². The molecule has 0 amide bonds. The van der Waals surface area contributed by atoms with E-state index in [2.05, 4.69) is 18.2 Å². The third kappa shape index (κ3) is 1.32. The van der Waals surface area contributed by atoms with Crippen LogP contribution in [0.1, 0.15) is 24.1 Å². The third-order valence-electron chi connectivity index (χ3n) is 3.65. The number of carbonyl (C=O) groups is 1. The molecule has 1 fully saturated rings. The summed E-state index contributed by atoms with van der Waals surface area (Å²) in [6, 6.07) is 8.48. The second-order valence-corrected chi connectivity index (χ2v) is 4.56. The topological polar surface area (TPSA) is 29.5 Å². The standard InChI is InChI=1S/C13H15NO2/c1-9-12(8-15)13-11-5-3-2-4-10(11)6-7-14(13)16-9/h2-5,8-9,12-13H,6-7H2,1H3. The van der Waals surface area contributed by atoms with E-state index in [1.807, 2.05) is 18.1 Å². The summed E-state index contributed by atoms with van der Waals surface area (Å²) >= 11 is 0. The van der Waals surface area contributed by atoms with Gasteiger partial charge in [-0.2, -0.15) is 5.06 Å². The minimum Gasteiger partial charge on any atom is -0.303 e. The van der Waals surface area contributed by atoms with Crippen molar-refractivity contribution in [3.05, 3.63) is 35.4 Å². The van der Waals surface area contributed by atoms with Crippen LogP contribution in [0.15, 0.2) is 24.3 Å². The molecule has 0 aliphatic carbocycles. The van der Waals surface area contributed by atoms with Crippen molar-refractivity contribution in [1.29, 1.82) is 0 Å². The molecule has 1 aromatic rings. The summed E-state index contributed by atoms with van der Waals surface area (Å²) in [6.07, 6.45) is 2.04. The van der Waals surface area contributed by atoms with Crippen molar-refractivity contribution < 1.29 is 9.63 Å². The molecule has 0 radical (unpaired) electrons. The number of benzene rings is 1. The van der Waals surface area contributed by atoms with Crippen molar-refractivity contribution in [2.24, 2.45) is 5.92 Å². The Morgan fingerprint density at radius 1 is 1.44 bits per heavy atom. The molecular weight excluding hydrogens is 202 g/mol. The Kier molecular flexibility index (Phi) is 2.30. The Bertz CT molecular complexity index is 418. The van der Waals surface area contributed by atoms with Gasteiger partial charge in [0.25, 0.3) is 0 Å². The molecule has 2 aliphatic rings. The van der Waals surface area contributed by atoms with Gasteiger partial charge in [-0.05, 0) is 24.5 Å². The highest BCUT2D eigenvalue weighted by molar-refractivity contribution is 5.58. The van der Waals surface area contributed by atoms with E-state index in [9.17, 15) is 4.79 Å². The lowest BCUT2D eigenvalue weighted by atomic mass is 9.85. The summed E-state index contributed by atoms with van der Waals surface area (Å²) < 4.78 is 0. The average Bonchev–Trinajstić information content (AvgIpc) is 2.65. The summed E-state index contributed by atoms with van der Waals surface area (Å²) in [6.45, 7) is 2.86. The molecule has 1 aromatic carbocycles. The van der Waals surface area contributed by atoms with Gasteiger partial charge in [0.2, 0.25) is 0 Å². The summed E-state index contributed by atoms with van der Waals surface area (Å²) in [5.41, 5.74) is 2.61. The van der Waals surface area contributed by atoms with Gasteiger partial charge < -0.3 is 4.79 Å². The van der Waals surface area contributed by atoms with Crippen LogP contribution in [0, 0.1) is 5.92 Å². The molecule has 3 rings (SSSR count). The van der Waals surface area contributed by atoms with Crippen molar-refractivity contribution in [3.8, 4) is 0 Å². The van der Waals surface area contributed by atoms with E-state index in [0.717, 1.165) is 19.3 Å². The van der Waals surface area contributed by atoms with Gasteiger partial charge in [-0.3, -0.25) is 4.84 Å². The fourth-order valence-electron chi connectivity index (χ4n) is 2.82. The smallest absolute Gasteiger partial charge is 0.127 e. The number of carbonyl (C=O) groups excluding carboxylic acids is 1. The minimum atomic E-state index is -0.0403. The lowest BCUT2D eigenvalue weighted by Gasteiger charge is -2.30. The number of hydrogen-bond donors (Lipinski definition) is 0. The predicted molar refractivity (Wildman–Crippen MR) is 59.7 cm³/mol. The summed E-state index contributed by atoms with van der Waals surface area (Å²) in [5, 5.41) is 1.98. The van der Waals surface area contributed by atoms with Gasteiger partial charge in [-0.25, -0.2) is 0 Å². The molecule has 3 unspecified atom stereocenters. The first-order valence-corrected chi connectivity index (χ1v) is 5.78. The van der Waals surface area contributed by atoms with Crippen molar-refractivity contribution in [2.75, 3.05) is 6.54 Å². The zero-order valence-corrected chi connectivity index (χ0v) is 9.30. The van der Waals surface area contributed by atoms with Crippen molar-refractivity contribution in [3.63, 3.8) is 0 Å². The molecule has 0 saturated carbocycles. The van der Waals surface area contributed by atoms with Gasteiger partial charge in [0, 0.05) is 6.54 Å². The Balaban J connectivity index is 2.06. The highest BCUT2D eigenvalue weighted by atomic mass is 16.7. The van der Waals surface area contributed by atoms with Crippen LogP contribution >= 0.6 is 0 Å². The number of hydrogen-bond acceptors (Lipinski definition) is 3. The normalized spacial score (nSPS) is 33.2. The quantitative estimate of drug-likeness (QED) is 0.671. The van der Waals surface area contributed by atoms with E-state index in [0.29, 0.717) is 0 Å². The molecular formula is C13H15NO2. The van der Waals surface area contributed by atoms with Gasteiger partial charge in [0.05, 0.1) is 18.1 Å². The largest absolute Gasteiger partial charge is 0.303 e. The fraction of sp³-hybridized carbons (Fsp3) is 0.462. The maximum atomic E-state index is 11.2. The number of hydroxylamine groups is 2. The maximum Gasteiger partial charge on any atom is 0.127 e. The summed E-state index contributed by atoms with van der Waals surface area (Å²) in [7, 11) is 0. The van der Waals surface area contributed by atoms with E-state index in [4.69, 9.17) is 4.84 Å². The molecule has 3 atom stereocenters. The molecule has 1 saturated heterocycles. The van der Waals surface area contributed by atoms with Crippen molar-refractivity contribution in [1.82, 2.24) is 5.06 Å². The molecule has 3 nitrogen and oxygen atoms in total. The van der Waals surface area contributed by atoms with Gasteiger partial charge in [0.1, 0.15) is 6.29 Å². The number of fused-ring (bicyclic) bond motifs is 3. The van der Waals surface area contributed by atoms with Crippen LogP contribution in [0.4, 0.5) is 0 Å². The molecule has 3 heteroatoms. The van der Waals surface area contributed by atoms with E-state index < -0.39 is 0 Å². The second kappa shape index (κ2) is 3.68. The molecule has 0 N–H and O–H groups in total. The molecule has 2 aliphatic heterocycles. The van der Waals surface area contributed by atoms with Crippen LogP contribution in [0.2, 0.25) is 0 Å². The second-order valence-electron chi connectivity index (χ2n) is 4.56. The first-order valence-electron chi connectivity index (χ1n) is 5.78.